The van der Waals surface area contributed by atoms with Gasteiger partial charge in [-0.25, -0.2) is 0 Å². The van der Waals surface area contributed by atoms with Gasteiger partial charge in [0.25, 0.3) is 5.91 Å². The van der Waals surface area contributed by atoms with Crippen molar-refractivity contribution in [1.29, 1.82) is 5.26 Å². The highest BCUT2D eigenvalue weighted by atomic mass is 19.4. The zero-order valence-electron chi connectivity index (χ0n) is 16.5. The third kappa shape index (κ3) is 7.00. The number of nitriles is 1. The van der Waals surface area contributed by atoms with Gasteiger partial charge in [-0.1, -0.05) is 24.3 Å². The molecule has 0 atom stereocenters. The Kier molecular flexibility index (Phi) is 6.75. The van der Waals surface area contributed by atoms with Gasteiger partial charge in [0.15, 0.2) is 0 Å². The number of carbonyl (C=O) groups excluding carboxylic acids is 2. The molecule has 31 heavy (non-hydrogen) atoms. The summed E-state index contributed by atoms with van der Waals surface area (Å²) in [7, 11) is 0. The smallest absolute Gasteiger partial charge is 0.349 e. The maximum absolute atomic E-state index is 13.0. The number of nitrogens with zero attached hydrogens (tertiary/aromatic N) is 2. The molecule has 5 nitrogen and oxygen atoms in total. The fraction of sp³-hybridized carbons (Fsp3) is 0.261. The van der Waals surface area contributed by atoms with Crippen molar-refractivity contribution in [3.63, 3.8) is 0 Å². The summed E-state index contributed by atoms with van der Waals surface area (Å²) in [6, 6.07) is 14.6. The summed E-state index contributed by atoms with van der Waals surface area (Å²) in [5.41, 5.74) is 1.93. The number of amides is 2. The lowest BCUT2D eigenvalue weighted by Crippen LogP contribution is -2.37. The third-order valence-corrected chi connectivity index (χ3v) is 4.64. The van der Waals surface area contributed by atoms with Crippen molar-refractivity contribution in [2.75, 3.05) is 6.54 Å². The minimum Gasteiger partial charge on any atom is -0.349 e. The number of halogens is 3. The molecule has 0 heterocycles. The van der Waals surface area contributed by atoms with E-state index in [9.17, 15) is 22.8 Å². The predicted octanol–water partition coefficient (Wildman–Crippen LogP) is 4.05. The Morgan fingerprint density at radius 2 is 1.74 bits per heavy atom. The molecule has 3 rings (SSSR count). The summed E-state index contributed by atoms with van der Waals surface area (Å²) in [5, 5.41) is 11.7. The molecule has 1 N–H and O–H groups in total. The third-order valence-electron chi connectivity index (χ3n) is 4.64. The Labute approximate surface area is 177 Å². The minimum atomic E-state index is -4.55. The first-order valence-electron chi connectivity index (χ1n) is 9.67. The molecule has 0 spiro atoms. The van der Waals surface area contributed by atoms with Gasteiger partial charge >= 0.3 is 6.18 Å². The molecule has 0 bridgehead atoms. The van der Waals surface area contributed by atoms with Crippen molar-refractivity contribution in [2.45, 2.75) is 31.6 Å². The molecule has 0 unspecified atom stereocenters. The van der Waals surface area contributed by atoms with Crippen LogP contribution in [0.3, 0.4) is 0 Å². The molecule has 0 saturated heterocycles. The molecule has 0 aliphatic heterocycles. The number of alkyl halides is 3. The maximum atomic E-state index is 13.0. The van der Waals surface area contributed by atoms with Crippen LogP contribution in [-0.4, -0.2) is 35.5 Å². The molecule has 1 aliphatic rings. The molecule has 2 aromatic carbocycles. The molecule has 2 amide bonds. The predicted molar refractivity (Wildman–Crippen MR) is 109 cm³/mol. The minimum absolute atomic E-state index is 0.173. The molecule has 1 fully saturated rings. The fourth-order valence-corrected chi connectivity index (χ4v) is 2.85. The van der Waals surface area contributed by atoms with Crippen molar-refractivity contribution < 1.29 is 22.8 Å². The highest BCUT2D eigenvalue weighted by molar-refractivity contribution is 5.95. The fourth-order valence-electron chi connectivity index (χ4n) is 2.85. The highest BCUT2D eigenvalue weighted by Gasteiger charge is 2.32. The van der Waals surface area contributed by atoms with Crippen molar-refractivity contribution >= 4 is 17.9 Å². The van der Waals surface area contributed by atoms with E-state index in [2.05, 4.69) is 5.32 Å². The van der Waals surface area contributed by atoms with Crippen molar-refractivity contribution in [3.05, 3.63) is 76.9 Å². The summed E-state index contributed by atoms with van der Waals surface area (Å²) >= 11 is 0. The van der Waals surface area contributed by atoms with Crippen LogP contribution in [-0.2, 0) is 11.3 Å². The maximum Gasteiger partial charge on any atom is 0.406 e. The van der Waals surface area contributed by atoms with Gasteiger partial charge in [0, 0.05) is 24.2 Å². The first-order valence-corrected chi connectivity index (χ1v) is 9.67. The number of hydrogen-bond acceptors (Lipinski definition) is 3. The van der Waals surface area contributed by atoms with Gasteiger partial charge in [0.2, 0.25) is 5.91 Å². The molecule has 0 radical (unpaired) electrons. The average molecular weight is 427 g/mol. The van der Waals surface area contributed by atoms with Crippen LogP contribution in [0.15, 0.2) is 54.6 Å². The molecular weight excluding hydrogens is 407 g/mol. The van der Waals surface area contributed by atoms with Gasteiger partial charge in [-0.15, -0.1) is 0 Å². The van der Waals surface area contributed by atoms with Crippen molar-refractivity contribution in [1.82, 2.24) is 10.2 Å². The van der Waals surface area contributed by atoms with E-state index in [1.165, 1.54) is 30.3 Å². The van der Waals surface area contributed by atoms with E-state index in [1.807, 2.05) is 6.07 Å². The van der Waals surface area contributed by atoms with Gasteiger partial charge < -0.3 is 10.2 Å². The standard InChI is InChI=1S/C23H20F3N3O2/c24-23(25,26)15-29(14-18-3-1-17(13-27)2-4-18)21(30)12-7-16-5-8-19(9-6-16)22(31)28-20-10-11-20/h1-9,12,20H,10-11,14-15H2,(H,28,31)/b12-7+. The first-order chi connectivity index (χ1) is 14.7. The summed E-state index contributed by atoms with van der Waals surface area (Å²) in [4.78, 5) is 25.1. The lowest BCUT2D eigenvalue weighted by atomic mass is 10.1. The molecule has 160 valence electrons. The van der Waals surface area contributed by atoms with Gasteiger partial charge in [0.1, 0.15) is 6.54 Å². The lowest BCUT2D eigenvalue weighted by molar-refractivity contribution is -0.159. The van der Waals surface area contributed by atoms with Gasteiger partial charge in [0.05, 0.1) is 11.6 Å². The largest absolute Gasteiger partial charge is 0.406 e. The van der Waals surface area contributed by atoms with Crippen LogP contribution in [0.5, 0.6) is 0 Å². The Hall–Kier alpha value is -3.60. The number of rotatable bonds is 7. The summed E-state index contributed by atoms with van der Waals surface area (Å²) < 4.78 is 38.9. The quantitative estimate of drug-likeness (QED) is 0.678. The van der Waals surface area contributed by atoms with Gasteiger partial charge in [-0.2, -0.15) is 18.4 Å². The monoisotopic (exact) mass is 427 g/mol. The molecular formula is C23H20F3N3O2. The molecule has 2 aromatic rings. The van der Waals surface area contributed by atoms with Crippen LogP contribution in [0.2, 0.25) is 0 Å². The Morgan fingerprint density at radius 3 is 2.29 bits per heavy atom. The Bertz CT molecular complexity index is 1000. The van der Waals surface area contributed by atoms with Crippen LogP contribution >= 0.6 is 0 Å². The number of hydrogen-bond donors (Lipinski definition) is 1. The molecule has 8 heteroatoms. The first kappa shape index (κ1) is 22.1. The molecule has 1 aliphatic carbocycles. The Balaban J connectivity index is 1.67. The van der Waals surface area contributed by atoms with Gasteiger partial charge in [-0.05, 0) is 54.3 Å². The zero-order chi connectivity index (χ0) is 22.4. The van der Waals surface area contributed by atoms with Crippen molar-refractivity contribution in [2.24, 2.45) is 0 Å². The van der Waals surface area contributed by atoms with E-state index in [1.54, 1.807) is 24.3 Å². The number of nitrogens with one attached hydrogen (secondary N) is 1. The summed E-state index contributed by atoms with van der Waals surface area (Å²) in [5.74, 6) is -0.967. The van der Waals surface area contributed by atoms with Crippen LogP contribution in [0.25, 0.3) is 6.08 Å². The van der Waals surface area contributed by atoms with Crippen LogP contribution in [0, 0.1) is 11.3 Å². The lowest BCUT2D eigenvalue weighted by Gasteiger charge is -2.23. The SMILES string of the molecule is N#Cc1ccc(CN(CC(F)(F)F)C(=O)/C=C/c2ccc(C(=O)NC3CC3)cc2)cc1. The van der Waals surface area contributed by atoms with Crippen LogP contribution < -0.4 is 5.32 Å². The second kappa shape index (κ2) is 9.47. The summed E-state index contributed by atoms with van der Waals surface area (Å²) in [6.07, 6.45) is -0.106. The van der Waals surface area contributed by atoms with E-state index < -0.39 is 18.6 Å². The van der Waals surface area contributed by atoms with Gasteiger partial charge in [-0.3, -0.25) is 9.59 Å². The van der Waals surface area contributed by atoms with E-state index in [-0.39, 0.29) is 18.5 Å². The molecule has 1 saturated carbocycles. The topological polar surface area (TPSA) is 73.2 Å². The van der Waals surface area contributed by atoms with E-state index in [4.69, 9.17) is 5.26 Å². The van der Waals surface area contributed by atoms with Crippen LogP contribution in [0.4, 0.5) is 13.2 Å². The molecule has 0 aromatic heterocycles. The van der Waals surface area contributed by atoms with E-state index in [0.29, 0.717) is 27.2 Å². The van der Waals surface area contributed by atoms with E-state index >= 15 is 0 Å². The second-order valence-corrected chi connectivity index (χ2v) is 7.32. The normalized spacial score (nSPS) is 13.6. The number of benzene rings is 2. The Morgan fingerprint density at radius 1 is 1.10 bits per heavy atom. The zero-order valence-corrected chi connectivity index (χ0v) is 16.5. The summed E-state index contributed by atoms with van der Waals surface area (Å²) in [6.45, 7) is -1.63. The van der Waals surface area contributed by atoms with Crippen LogP contribution in [0.1, 0.15) is 39.9 Å². The highest BCUT2D eigenvalue weighted by Crippen LogP contribution is 2.20. The average Bonchev–Trinajstić information content (AvgIpc) is 3.55. The van der Waals surface area contributed by atoms with Crippen molar-refractivity contribution in [3.8, 4) is 6.07 Å². The van der Waals surface area contributed by atoms with E-state index in [0.717, 1.165) is 18.9 Å². The second-order valence-electron chi connectivity index (χ2n) is 7.32. The number of carbonyl (C=O) groups is 2.